The molecule has 6 nitrogen and oxygen atoms in total. The Morgan fingerprint density at radius 1 is 1.53 bits per heavy atom. The van der Waals surface area contributed by atoms with Crippen LogP contribution in [0.3, 0.4) is 0 Å². The largest absolute Gasteiger partial charge is 0.394 e. The van der Waals surface area contributed by atoms with E-state index in [1.165, 1.54) is 18.3 Å². The standard InChI is InChI=1S/C11H15N3O3/c1-2-8(6-15)14-11(17)7-3-4-9(10(12)16)13-5-7/h3-5,8,15H,2,6H2,1H3,(H2,12,16)(H,14,17). The molecule has 0 saturated heterocycles. The molecule has 1 unspecified atom stereocenters. The molecule has 1 aromatic heterocycles. The Balaban J connectivity index is 2.73. The summed E-state index contributed by atoms with van der Waals surface area (Å²) in [6.45, 7) is 1.74. The monoisotopic (exact) mass is 237 g/mol. The van der Waals surface area contributed by atoms with Crippen LogP contribution in [0.25, 0.3) is 0 Å². The third-order valence-electron chi connectivity index (χ3n) is 2.33. The number of aliphatic hydroxyl groups excluding tert-OH is 1. The lowest BCUT2D eigenvalue weighted by Crippen LogP contribution is -2.37. The van der Waals surface area contributed by atoms with Gasteiger partial charge in [0.25, 0.3) is 11.8 Å². The zero-order chi connectivity index (χ0) is 12.8. The highest BCUT2D eigenvalue weighted by molar-refractivity contribution is 5.95. The highest BCUT2D eigenvalue weighted by Gasteiger charge is 2.12. The van der Waals surface area contributed by atoms with E-state index in [4.69, 9.17) is 10.8 Å². The molecule has 0 aromatic carbocycles. The maximum Gasteiger partial charge on any atom is 0.267 e. The van der Waals surface area contributed by atoms with Crippen molar-refractivity contribution in [2.24, 2.45) is 5.73 Å². The molecule has 0 aliphatic carbocycles. The van der Waals surface area contributed by atoms with Crippen LogP contribution in [0, 0.1) is 0 Å². The van der Waals surface area contributed by atoms with Crippen LogP contribution in [0.2, 0.25) is 0 Å². The highest BCUT2D eigenvalue weighted by Crippen LogP contribution is 2.01. The quantitative estimate of drug-likeness (QED) is 0.652. The number of nitrogens with zero attached hydrogens (tertiary/aromatic N) is 1. The second-order valence-electron chi connectivity index (χ2n) is 3.56. The van der Waals surface area contributed by atoms with Gasteiger partial charge in [-0.15, -0.1) is 0 Å². The summed E-state index contributed by atoms with van der Waals surface area (Å²) in [5, 5.41) is 11.6. The molecule has 4 N–H and O–H groups in total. The molecular weight excluding hydrogens is 222 g/mol. The van der Waals surface area contributed by atoms with Crippen LogP contribution in [-0.4, -0.2) is 34.6 Å². The van der Waals surface area contributed by atoms with Crippen molar-refractivity contribution >= 4 is 11.8 Å². The van der Waals surface area contributed by atoms with Crippen LogP contribution in [0.4, 0.5) is 0 Å². The minimum Gasteiger partial charge on any atom is -0.394 e. The number of aliphatic hydroxyl groups is 1. The van der Waals surface area contributed by atoms with Crippen LogP contribution >= 0.6 is 0 Å². The first-order chi connectivity index (χ1) is 8.08. The van der Waals surface area contributed by atoms with Gasteiger partial charge in [-0.1, -0.05) is 6.92 Å². The zero-order valence-corrected chi connectivity index (χ0v) is 9.51. The maximum absolute atomic E-state index is 11.7. The molecule has 6 heteroatoms. The lowest BCUT2D eigenvalue weighted by molar-refractivity contribution is 0.0912. The topological polar surface area (TPSA) is 105 Å². The lowest BCUT2D eigenvalue weighted by atomic mass is 10.2. The molecule has 0 aliphatic heterocycles. The minimum absolute atomic E-state index is 0.107. The maximum atomic E-state index is 11.7. The number of hydrogen-bond donors (Lipinski definition) is 3. The molecule has 17 heavy (non-hydrogen) atoms. The molecule has 1 aromatic rings. The summed E-state index contributed by atoms with van der Waals surface area (Å²) < 4.78 is 0. The molecule has 1 atom stereocenters. The number of pyridine rings is 1. The van der Waals surface area contributed by atoms with Gasteiger partial charge in [-0.3, -0.25) is 14.6 Å². The smallest absolute Gasteiger partial charge is 0.267 e. The number of carbonyl (C=O) groups is 2. The SMILES string of the molecule is CCC(CO)NC(=O)c1ccc(C(N)=O)nc1. The van der Waals surface area contributed by atoms with E-state index in [1.54, 1.807) is 0 Å². The van der Waals surface area contributed by atoms with Crippen molar-refractivity contribution in [3.63, 3.8) is 0 Å². The number of primary amides is 1. The van der Waals surface area contributed by atoms with Crippen LogP contribution in [0.5, 0.6) is 0 Å². The number of rotatable bonds is 5. The van der Waals surface area contributed by atoms with E-state index in [0.717, 1.165) is 0 Å². The van der Waals surface area contributed by atoms with Gasteiger partial charge in [0.1, 0.15) is 5.69 Å². The summed E-state index contributed by atoms with van der Waals surface area (Å²) in [5.74, 6) is -0.979. The molecule has 0 saturated carbocycles. The number of nitrogens with one attached hydrogen (secondary N) is 1. The predicted molar refractivity (Wildman–Crippen MR) is 61.4 cm³/mol. The fourth-order valence-electron chi connectivity index (χ4n) is 1.22. The summed E-state index contributed by atoms with van der Waals surface area (Å²) in [7, 11) is 0. The molecule has 0 spiro atoms. The van der Waals surface area contributed by atoms with E-state index in [0.29, 0.717) is 12.0 Å². The molecule has 1 rings (SSSR count). The van der Waals surface area contributed by atoms with Gasteiger partial charge in [-0.25, -0.2) is 0 Å². The molecule has 0 radical (unpaired) electrons. The van der Waals surface area contributed by atoms with Crippen LogP contribution in [0.1, 0.15) is 34.2 Å². The van der Waals surface area contributed by atoms with E-state index in [2.05, 4.69) is 10.3 Å². The highest BCUT2D eigenvalue weighted by atomic mass is 16.3. The van der Waals surface area contributed by atoms with Gasteiger partial charge in [0.15, 0.2) is 0 Å². The summed E-state index contributed by atoms with van der Waals surface area (Å²) in [4.78, 5) is 26.2. The Labute approximate surface area is 98.8 Å². The first-order valence-corrected chi connectivity index (χ1v) is 5.26. The summed E-state index contributed by atoms with van der Waals surface area (Å²) in [5.41, 5.74) is 5.46. The Morgan fingerprint density at radius 3 is 2.65 bits per heavy atom. The molecule has 0 bridgehead atoms. The average molecular weight is 237 g/mol. The third-order valence-corrected chi connectivity index (χ3v) is 2.33. The average Bonchev–Trinajstić information content (AvgIpc) is 2.35. The number of nitrogens with two attached hydrogens (primary N) is 1. The fraction of sp³-hybridized carbons (Fsp3) is 0.364. The fourth-order valence-corrected chi connectivity index (χ4v) is 1.22. The van der Waals surface area contributed by atoms with Crippen molar-refractivity contribution in [2.75, 3.05) is 6.61 Å². The van der Waals surface area contributed by atoms with Crippen molar-refractivity contribution < 1.29 is 14.7 Å². The number of carbonyl (C=O) groups excluding carboxylic acids is 2. The van der Waals surface area contributed by atoms with Crippen molar-refractivity contribution in [3.05, 3.63) is 29.6 Å². The Kier molecular flexibility index (Phi) is 4.59. The van der Waals surface area contributed by atoms with Gasteiger partial charge in [-0.2, -0.15) is 0 Å². The molecule has 0 fully saturated rings. The third kappa shape index (κ3) is 3.53. The van der Waals surface area contributed by atoms with Gasteiger partial charge >= 0.3 is 0 Å². The zero-order valence-electron chi connectivity index (χ0n) is 9.51. The molecule has 92 valence electrons. The van der Waals surface area contributed by atoms with Crippen molar-refractivity contribution in [1.29, 1.82) is 0 Å². The summed E-state index contributed by atoms with van der Waals surface area (Å²) in [6, 6.07) is 2.57. The van der Waals surface area contributed by atoms with E-state index in [-0.39, 0.29) is 24.2 Å². The predicted octanol–water partition coefficient (Wildman–Crippen LogP) is -0.319. The Bertz CT molecular complexity index is 399. The van der Waals surface area contributed by atoms with E-state index >= 15 is 0 Å². The van der Waals surface area contributed by atoms with Crippen LogP contribution in [0.15, 0.2) is 18.3 Å². The van der Waals surface area contributed by atoms with Crippen molar-refractivity contribution in [2.45, 2.75) is 19.4 Å². The summed E-state index contributed by atoms with van der Waals surface area (Å²) >= 11 is 0. The van der Waals surface area contributed by atoms with Gasteiger partial charge in [0.2, 0.25) is 0 Å². The molecular formula is C11H15N3O3. The summed E-state index contributed by atoms with van der Waals surface area (Å²) in [6.07, 6.45) is 1.91. The van der Waals surface area contributed by atoms with E-state index in [9.17, 15) is 9.59 Å². The van der Waals surface area contributed by atoms with Crippen LogP contribution < -0.4 is 11.1 Å². The second kappa shape index (κ2) is 5.95. The molecule has 1 heterocycles. The molecule has 2 amide bonds. The Hall–Kier alpha value is -1.95. The first kappa shape index (κ1) is 13.1. The lowest BCUT2D eigenvalue weighted by Gasteiger charge is -2.13. The van der Waals surface area contributed by atoms with Gasteiger partial charge in [-0.05, 0) is 18.6 Å². The second-order valence-corrected chi connectivity index (χ2v) is 3.56. The minimum atomic E-state index is -0.640. The normalized spacial score (nSPS) is 11.9. The Morgan fingerprint density at radius 2 is 2.24 bits per heavy atom. The van der Waals surface area contributed by atoms with E-state index in [1.807, 2.05) is 6.92 Å². The first-order valence-electron chi connectivity index (χ1n) is 5.26. The van der Waals surface area contributed by atoms with E-state index < -0.39 is 5.91 Å². The van der Waals surface area contributed by atoms with Crippen molar-refractivity contribution in [1.82, 2.24) is 10.3 Å². The molecule has 0 aliphatic rings. The number of hydrogen-bond acceptors (Lipinski definition) is 4. The number of amides is 2. The van der Waals surface area contributed by atoms with Crippen molar-refractivity contribution in [3.8, 4) is 0 Å². The van der Waals surface area contributed by atoms with Gasteiger partial charge in [0.05, 0.1) is 18.2 Å². The van der Waals surface area contributed by atoms with Gasteiger partial charge in [0, 0.05) is 6.20 Å². The van der Waals surface area contributed by atoms with Crippen LogP contribution in [-0.2, 0) is 0 Å². The number of aromatic nitrogens is 1. The van der Waals surface area contributed by atoms with Gasteiger partial charge < -0.3 is 16.2 Å².